The van der Waals surface area contributed by atoms with Gasteiger partial charge in [0.05, 0.1) is 0 Å². The van der Waals surface area contributed by atoms with Crippen LogP contribution in [0.1, 0.15) is 16.7 Å². The third-order valence-electron chi connectivity index (χ3n) is 3.88. The molecule has 0 unspecified atom stereocenters. The van der Waals surface area contributed by atoms with E-state index in [1.54, 1.807) is 0 Å². The maximum atomic E-state index is 2.28. The molecule has 1 heteroatoms. The average Bonchev–Trinajstić information content (AvgIpc) is 2.53. The number of rotatable bonds is 3. The molecule has 22 heavy (non-hydrogen) atoms. The van der Waals surface area contributed by atoms with Crippen molar-refractivity contribution in [2.24, 2.45) is 0 Å². The molecular formula is C21H21P+. The van der Waals surface area contributed by atoms with Gasteiger partial charge in [-0.2, -0.15) is 0 Å². The van der Waals surface area contributed by atoms with Crippen molar-refractivity contribution in [3.63, 3.8) is 0 Å². The van der Waals surface area contributed by atoms with Crippen LogP contribution in [0.4, 0.5) is 0 Å². The lowest BCUT2D eigenvalue weighted by Gasteiger charge is -2.07. The largest absolute Gasteiger partial charge is 0.246 e. The predicted octanol–water partition coefficient (Wildman–Crippen LogP) is 4.37. The minimum absolute atomic E-state index is 0.483. The number of hydrogen-bond donors (Lipinski definition) is 0. The third kappa shape index (κ3) is 3.29. The van der Waals surface area contributed by atoms with Gasteiger partial charge < -0.3 is 0 Å². The maximum absolute atomic E-state index is 2.28. The highest BCUT2D eigenvalue weighted by molar-refractivity contribution is 7.79. The van der Waals surface area contributed by atoms with Gasteiger partial charge in [-0.1, -0.05) is 53.1 Å². The SMILES string of the molecule is Cc1ccc([P+](c2ccc(C)cc2)c2ccc(C)cc2)cc1. The average molecular weight is 304 g/mol. The van der Waals surface area contributed by atoms with Crippen LogP contribution >= 0.6 is 7.92 Å². The smallest absolute Gasteiger partial charge is 0.0552 e. The van der Waals surface area contributed by atoms with Crippen LogP contribution in [0.25, 0.3) is 0 Å². The van der Waals surface area contributed by atoms with Gasteiger partial charge in [0.15, 0.2) is 0 Å². The molecule has 109 valence electrons. The van der Waals surface area contributed by atoms with Gasteiger partial charge in [-0.15, -0.1) is 0 Å². The molecule has 0 saturated carbocycles. The van der Waals surface area contributed by atoms with Crippen molar-refractivity contribution in [3.8, 4) is 0 Å². The predicted molar refractivity (Wildman–Crippen MR) is 99.4 cm³/mol. The zero-order valence-electron chi connectivity index (χ0n) is 13.4. The highest BCUT2D eigenvalue weighted by Gasteiger charge is 2.31. The molecule has 0 aromatic heterocycles. The Hall–Kier alpha value is -1.91. The van der Waals surface area contributed by atoms with Crippen LogP contribution in [-0.4, -0.2) is 0 Å². The molecule has 1 radical (unpaired) electrons. The Balaban J connectivity index is 2.10. The van der Waals surface area contributed by atoms with E-state index in [2.05, 4.69) is 93.6 Å². The van der Waals surface area contributed by atoms with Gasteiger partial charge in [-0.05, 0) is 57.2 Å². The van der Waals surface area contributed by atoms with Gasteiger partial charge in [0.25, 0.3) is 0 Å². The van der Waals surface area contributed by atoms with Crippen LogP contribution in [0, 0.1) is 20.8 Å². The van der Waals surface area contributed by atoms with E-state index >= 15 is 0 Å². The molecule has 0 aliphatic heterocycles. The summed E-state index contributed by atoms with van der Waals surface area (Å²) in [5.74, 6) is 0. The second-order valence-electron chi connectivity index (χ2n) is 5.84. The molecule has 0 N–H and O–H groups in total. The Morgan fingerprint density at radius 1 is 0.409 bits per heavy atom. The first-order chi connectivity index (χ1) is 10.6. The molecule has 0 nitrogen and oxygen atoms in total. The molecule has 0 saturated heterocycles. The highest BCUT2D eigenvalue weighted by atomic mass is 31.1. The summed E-state index contributed by atoms with van der Waals surface area (Å²) < 4.78 is 0. The molecule has 0 bridgehead atoms. The van der Waals surface area contributed by atoms with Crippen molar-refractivity contribution >= 4 is 23.8 Å². The van der Waals surface area contributed by atoms with Crippen molar-refractivity contribution in [2.75, 3.05) is 0 Å². The molecule has 3 aromatic carbocycles. The lowest BCUT2D eigenvalue weighted by atomic mass is 10.2. The second kappa shape index (κ2) is 6.46. The number of benzene rings is 3. The summed E-state index contributed by atoms with van der Waals surface area (Å²) in [5, 5.41) is 4.23. The van der Waals surface area contributed by atoms with Crippen LogP contribution in [0.3, 0.4) is 0 Å². The van der Waals surface area contributed by atoms with Gasteiger partial charge in [-0.3, -0.25) is 0 Å². The molecule has 0 fully saturated rings. The van der Waals surface area contributed by atoms with E-state index in [-0.39, 0.29) is 0 Å². The van der Waals surface area contributed by atoms with E-state index < -0.39 is 7.92 Å². The Kier molecular flexibility index (Phi) is 4.41. The zero-order chi connectivity index (χ0) is 15.5. The van der Waals surface area contributed by atoms with Crippen molar-refractivity contribution in [3.05, 3.63) is 89.5 Å². The summed E-state index contributed by atoms with van der Waals surface area (Å²) in [6.07, 6.45) is 0. The molecule has 0 aliphatic carbocycles. The monoisotopic (exact) mass is 304 g/mol. The maximum Gasteiger partial charge on any atom is 0.246 e. The van der Waals surface area contributed by atoms with Crippen molar-refractivity contribution in [2.45, 2.75) is 20.8 Å². The molecule has 0 aliphatic rings. The highest BCUT2D eigenvalue weighted by Crippen LogP contribution is 2.32. The minimum Gasteiger partial charge on any atom is -0.0552 e. The van der Waals surface area contributed by atoms with Crippen molar-refractivity contribution < 1.29 is 0 Å². The standard InChI is InChI=1S/C21H21P/c1-16-4-10-19(11-5-16)22(20-12-6-17(2)7-13-20)21-14-8-18(3)9-15-21/h4-15H,1-3H3/q+1. The Bertz CT molecular complexity index is 629. The van der Waals surface area contributed by atoms with E-state index in [9.17, 15) is 0 Å². The topological polar surface area (TPSA) is 0 Å². The molecule has 3 aromatic rings. The molecule has 0 amide bonds. The van der Waals surface area contributed by atoms with E-state index in [0.717, 1.165) is 0 Å². The zero-order valence-corrected chi connectivity index (χ0v) is 14.3. The van der Waals surface area contributed by atoms with Gasteiger partial charge in [0.1, 0.15) is 15.9 Å². The van der Waals surface area contributed by atoms with Crippen LogP contribution in [0.2, 0.25) is 0 Å². The first kappa shape index (κ1) is 15.0. The Morgan fingerprint density at radius 3 is 0.864 bits per heavy atom. The lowest BCUT2D eigenvalue weighted by Crippen LogP contribution is -2.20. The molecule has 0 heterocycles. The van der Waals surface area contributed by atoms with Gasteiger partial charge >= 0.3 is 0 Å². The quantitative estimate of drug-likeness (QED) is 0.630. The van der Waals surface area contributed by atoms with E-state index in [1.165, 1.54) is 32.6 Å². The van der Waals surface area contributed by atoms with Crippen molar-refractivity contribution in [1.29, 1.82) is 0 Å². The second-order valence-corrected chi connectivity index (χ2v) is 8.06. The Labute approximate surface area is 134 Å². The van der Waals surface area contributed by atoms with Gasteiger partial charge in [0, 0.05) is 0 Å². The van der Waals surface area contributed by atoms with E-state index in [4.69, 9.17) is 0 Å². The molecular weight excluding hydrogens is 283 g/mol. The van der Waals surface area contributed by atoms with E-state index in [0.29, 0.717) is 0 Å². The minimum atomic E-state index is -0.483. The summed E-state index contributed by atoms with van der Waals surface area (Å²) >= 11 is 0. The van der Waals surface area contributed by atoms with Crippen LogP contribution in [-0.2, 0) is 0 Å². The summed E-state index contributed by atoms with van der Waals surface area (Å²) in [5.41, 5.74) is 3.93. The number of aryl methyl sites for hydroxylation is 3. The summed E-state index contributed by atoms with van der Waals surface area (Å²) in [6.45, 7) is 6.43. The first-order valence-corrected chi connectivity index (χ1v) is 8.98. The van der Waals surface area contributed by atoms with Crippen LogP contribution < -0.4 is 15.9 Å². The fraction of sp³-hybridized carbons (Fsp3) is 0.143. The van der Waals surface area contributed by atoms with Gasteiger partial charge in [-0.25, -0.2) is 0 Å². The van der Waals surface area contributed by atoms with E-state index in [1.807, 2.05) is 0 Å². The summed E-state index contributed by atoms with van der Waals surface area (Å²) in [6, 6.07) is 27.0. The summed E-state index contributed by atoms with van der Waals surface area (Å²) in [7, 11) is -0.483. The first-order valence-electron chi connectivity index (χ1n) is 7.63. The Morgan fingerprint density at radius 2 is 0.636 bits per heavy atom. The third-order valence-corrected chi connectivity index (χ3v) is 6.32. The fourth-order valence-electron chi connectivity index (χ4n) is 2.53. The molecule has 0 atom stereocenters. The molecule has 3 rings (SSSR count). The summed E-state index contributed by atoms with van der Waals surface area (Å²) in [4.78, 5) is 0. The van der Waals surface area contributed by atoms with Gasteiger partial charge in [0.2, 0.25) is 7.92 Å². The normalized spacial score (nSPS) is 10.9. The van der Waals surface area contributed by atoms with Crippen LogP contribution in [0.15, 0.2) is 72.8 Å². The van der Waals surface area contributed by atoms with Crippen molar-refractivity contribution in [1.82, 2.24) is 0 Å². The molecule has 0 spiro atoms. The number of hydrogen-bond acceptors (Lipinski definition) is 0. The lowest BCUT2D eigenvalue weighted by molar-refractivity contribution is 1.48. The van der Waals surface area contributed by atoms with Crippen LogP contribution in [0.5, 0.6) is 0 Å². The fourth-order valence-corrected chi connectivity index (χ4v) is 4.76.